The first-order chi connectivity index (χ1) is 11.4. The van der Waals surface area contributed by atoms with Crippen molar-refractivity contribution < 1.29 is 13.9 Å². The van der Waals surface area contributed by atoms with Crippen LogP contribution in [0, 0.1) is 12.7 Å². The molecular formula is C19H28F2N2O. The molecule has 0 radical (unpaired) electrons. The second kappa shape index (κ2) is 8.70. The zero-order valence-corrected chi connectivity index (χ0v) is 14.8. The van der Waals surface area contributed by atoms with E-state index < -0.39 is 12.4 Å². The van der Waals surface area contributed by atoms with Crippen molar-refractivity contribution in [2.24, 2.45) is 0 Å². The molecule has 3 atom stereocenters. The lowest BCUT2D eigenvalue weighted by Crippen LogP contribution is -2.53. The Morgan fingerprint density at radius 1 is 1.38 bits per heavy atom. The fraction of sp³-hybridized carbons (Fsp3) is 0.579. The first-order valence-corrected chi connectivity index (χ1v) is 8.65. The van der Waals surface area contributed by atoms with Crippen molar-refractivity contribution >= 4 is 0 Å². The van der Waals surface area contributed by atoms with Crippen LogP contribution in [-0.2, 0) is 0 Å². The van der Waals surface area contributed by atoms with Gasteiger partial charge in [-0.3, -0.25) is 9.80 Å². The third-order valence-electron chi connectivity index (χ3n) is 4.63. The number of aryl methyl sites for hydroxylation is 1. The molecule has 0 saturated carbocycles. The van der Waals surface area contributed by atoms with E-state index in [-0.39, 0.29) is 11.9 Å². The van der Waals surface area contributed by atoms with Crippen molar-refractivity contribution in [2.75, 3.05) is 26.2 Å². The average Bonchev–Trinajstić information content (AvgIpc) is 2.54. The molecule has 24 heavy (non-hydrogen) atoms. The van der Waals surface area contributed by atoms with E-state index in [9.17, 15) is 13.9 Å². The van der Waals surface area contributed by atoms with Gasteiger partial charge in [-0.15, -0.1) is 0 Å². The van der Waals surface area contributed by atoms with Crippen LogP contribution in [0.3, 0.4) is 0 Å². The molecular weight excluding hydrogens is 310 g/mol. The molecule has 1 aromatic carbocycles. The summed E-state index contributed by atoms with van der Waals surface area (Å²) in [5.74, 6) is -0.363. The van der Waals surface area contributed by atoms with Gasteiger partial charge in [-0.1, -0.05) is 31.2 Å². The lowest BCUT2D eigenvalue weighted by atomic mass is 10.1. The van der Waals surface area contributed by atoms with Crippen LogP contribution < -0.4 is 0 Å². The van der Waals surface area contributed by atoms with Crippen molar-refractivity contribution in [3.8, 4) is 0 Å². The highest BCUT2D eigenvalue weighted by atomic mass is 19.1. The summed E-state index contributed by atoms with van der Waals surface area (Å²) < 4.78 is 27.0. The van der Waals surface area contributed by atoms with Gasteiger partial charge in [-0.2, -0.15) is 0 Å². The minimum atomic E-state index is -0.933. The lowest BCUT2D eigenvalue weighted by molar-refractivity contribution is -0.0469. The summed E-state index contributed by atoms with van der Waals surface area (Å²) in [4.78, 5) is 4.20. The Kier molecular flexibility index (Phi) is 6.90. The highest BCUT2D eigenvalue weighted by Crippen LogP contribution is 2.25. The maximum Gasteiger partial charge on any atom is 0.136 e. The number of hydrogen-bond donors (Lipinski definition) is 1. The molecule has 2 rings (SSSR count). The van der Waals surface area contributed by atoms with E-state index in [0.717, 1.165) is 18.5 Å². The smallest absolute Gasteiger partial charge is 0.136 e. The van der Waals surface area contributed by atoms with Crippen molar-refractivity contribution in [3.05, 3.63) is 47.3 Å². The van der Waals surface area contributed by atoms with Gasteiger partial charge in [0, 0.05) is 37.8 Å². The Morgan fingerprint density at radius 3 is 2.75 bits per heavy atom. The normalized spacial score (nSPS) is 22.8. The Bertz CT molecular complexity index is 562. The highest BCUT2D eigenvalue weighted by Gasteiger charge is 2.30. The van der Waals surface area contributed by atoms with E-state index >= 15 is 0 Å². The van der Waals surface area contributed by atoms with E-state index in [1.165, 1.54) is 13.0 Å². The number of nitrogens with zero attached hydrogens (tertiary/aromatic N) is 2. The van der Waals surface area contributed by atoms with E-state index in [1.54, 1.807) is 12.1 Å². The number of piperazine rings is 1. The second-order valence-corrected chi connectivity index (χ2v) is 6.56. The minimum absolute atomic E-state index is 0.265. The van der Waals surface area contributed by atoms with Crippen LogP contribution in [0.1, 0.15) is 37.6 Å². The number of hydrogen-bond acceptors (Lipinski definition) is 3. The molecule has 1 saturated heterocycles. The lowest BCUT2D eigenvalue weighted by Gasteiger charge is -2.42. The van der Waals surface area contributed by atoms with Gasteiger partial charge in [-0.25, -0.2) is 8.78 Å². The van der Waals surface area contributed by atoms with Crippen molar-refractivity contribution in [1.29, 1.82) is 0 Å². The minimum Gasteiger partial charge on any atom is -0.374 e. The number of aliphatic hydroxyl groups is 1. The van der Waals surface area contributed by atoms with E-state index in [0.29, 0.717) is 25.2 Å². The monoisotopic (exact) mass is 338 g/mol. The zero-order valence-electron chi connectivity index (χ0n) is 14.8. The van der Waals surface area contributed by atoms with E-state index in [4.69, 9.17) is 0 Å². The molecule has 1 aliphatic rings. The fourth-order valence-corrected chi connectivity index (χ4v) is 3.19. The SMILES string of the molecule is CCC1CN(C(O)c2ccc(C)cc2F)CCN1CC=CC(C)F. The molecule has 3 unspecified atom stereocenters. The standard InChI is InChI=1S/C19H28F2N2O/c1-4-16-13-23(11-10-22(16)9-5-6-15(3)20)19(24)17-8-7-14(2)12-18(17)21/h5-8,12,15-16,19,24H,4,9-11,13H2,1-3H3. The zero-order chi connectivity index (χ0) is 17.7. The molecule has 0 spiro atoms. The van der Waals surface area contributed by atoms with Gasteiger partial charge in [0.05, 0.1) is 0 Å². The van der Waals surface area contributed by atoms with Gasteiger partial charge in [0.1, 0.15) is 18.2 Å². The summed E-state index contributed by atoms with van der Waals surface area (Å²) in [7, 11) is 0. The summed E-state index contributed by atoms with van der Waals surface area (Å²) >= 11 is 0. The first kappa shape index (κ1) is 19.0. The summed E-state index contributed by atoms with van der Waals surface area (Å²) in [5.41, 5.74) is 1.17. The number of rotatable bonds is 6. The van der Waals surface area contributed by atoms with Crippen LogP contribution in [0.25, 0.3) is 0 Å². The summed E-state index contributed by atoms with van der Waals surface area (Å²) in [6, 6.07) is 5.20. The molecule has 5 heteroatoms. The van der Waals surface area contributed by atoms with Crippen LogP contribution in [0.4, 0.5) is 8.78 Å². The van der Waals surface area contributed by atoms with Gasteiger partial charge in [-0.05, 0) is 31.9 Å². The number of aliphatic hydroxyl groups excluding tert-OH is 1. The number of alkyl halides is 1. The molecule has 1 aromatic rings. The number of allylic oxidation sites excluding steroid dienone is 1. The van der Waals surface area contributed by atoms with Crippen molar-refractivity contribution in [1.82, 2.24) is 9.80 Å². The molecule has 0 amide bonds. The van der Waals surface area contributed by atoms with Gasteiger partial charge < -0.3 is 5.11 Å². The molecule has 1 aliphatic heterocycles. The van der Waals surface area contributed by atoms with Crippen LogP contribution in [0.2, 0.25) is 0 Å². The predicted molar refractivity (Wildman–Crippen MR) is 93.0 cm³/mol. The predicted octanol–water partition coefficient (Wildman–Crippen LogP) is 3.44. The summed E-state index contributed by atoms with van der Waals surface area (Å²) in [6.07, 6.45) is 2.49. The van der Waals surface area contributed by atoms with Crippen LogP contribution >= 0.6 is 0 Å². The third-order valence-corrected chi connectivity index (χ3v) is 4.63. The first-order valence-electron chi connectivity index (χ1n) is 8.65. The van der Waals surface area contributed by atoms with Crippen LogP contribution in [0.5, 0.6) is 0 Å². The van der Waals surface area contributed by atoms with E-state index in [1.807, 2.05) is 24.0 Å². The van der Waals surface area contributed by atoms with Gasteiger partial charge in [0.15, 0.2) is 0 Å². The summed E-state index contributed by atoms with van der Waals surface area (Å²) in [6.45, 7) is 8.24. The topological polar surface area (TPSA) is 26.7 Å². The Labute approximate surface area is 143 Å². The van der Waals surface area contributed by atoms with Gasteiger partial charge in [0.2, 0.25) is 0 Å². The molecule has 0 aliphatic carbocycles. The van der Waals surface area contributed by atoms with Gasteiger partial charge >= 0.3 is 0 Å². The summed E-state index contributed by atoms with van der Waals surface area (Å²) in [5, 5.41) is 10.6. The maximum atomic E-state index is 14.1. The second-order valence-electron chi connectivity index (χ2n) is 6.56. The molecule has 3 nitrogen and oxygen atoms in total. The maximum absolute atomic E-state index is 14.1. The Balaban J connectivity index is 2.01. The van der Waals surface area contributed by atoms with Gasteiger partial charge in [0.25, 0.3) is 0 Å². The third kappa shape index (κ3) is 4.85. The Morgan fingerprint density at radius 2 is 2.12 bits per heavy atom. The molecule has 1 heterocycles. The Hall–Kier alpha value is -1.30. The van der Waals surface area contributed by atoms with E-state index in [2.05, 4.69) is 11.8 Å². The molecule has 1 fully saturated rings. The molecule has 0 bridgehead atoms. The number of halogens is 2. The van der Waals surface area contributed by atoms with Crippen molar-refractivity contribution in [2.45, 2.75) is 45.6 Å². The fourth-order valence-electron chi connectivity index (χ4n) is 3.19. The van der Waals surface area contributed by atoms with Crippen molar-refractivity contribution in [3.63, 3.8) is 0 Å². The largest absolute Gasteiger partial charge is 0.374 e. The average molecular weight is 338 g/mol. The highest BCUT2D eigenvalue weighted by molar-refractivity contribution is 5.25. The quantitative estimate of drug-likeness (QED) is 0.805. The molecule has 0 aromatic heterocycles. The van der Waals surface area contributed by atoms with Crippen LogP contribution in [0.15, 0.2) is 30.4 Å². The van der Waals surface area contributed by atoms with Crippen LogP contribution in [-0.4, -0.2) is 53.3 Å². The number of benzene rings is 1. The molecule has 134 valence electrons. The molecule has 1 N–H and O–H groups in total.